The maximum atomic E-state index is 12.5. The average molecular weight is 292 g/mol. The van der Waals surface area contributed by atoms with Gasteiger partial charge in [-0.05, 0) is 53.6 Å². The van der Waals surface area contributed by atoms with Crippen molar-refractivity contribution in [3.05, 3.63) is 65.2 Å². The first kappa shape index (κ1) is 14.0. The minimum Gasteiger partial charge on any atom is -0.497 e. The zero-order valence-corrected chi connectivity index (χ0v) is 11.5. The van der Waals surface area contributed by atoms with E-state index in [-0.39, 0.29) is 0 Å². The third kappa shape index (κ3) is 2.89. The quantitative estimate of drug-likeness (QED) is 0.774. The predicted octanol–water partition coefficient (Wildman–Crippen LogP) is 4.99. The van der Waals surface area contributed by atoms with Crippen molar-refractivity contribution in [2.45, 2.75) is 24.4 Å². The largest absolute Gasteiger partial charge is 0.497 e. The van der Waals surface area contributed by atoms with Gasteiger partial charge in [0.1, 0.15) is 5.75 Å². The Hall–Kier alpha value is -1.97. The van der Waals surface area contributed by atoms with Crippen molar-refractivity contribution in [1.82, 2.24) is 0 Å². The highest BCUT2D eigenvalue weighted by atomic mass is 19.4. The molecule has 0 saturated heterocycles. The molecular weight excluding hydrogens is 277 g/mol. The van der Waals surface area contributed by atoms with Crippen LogP contribution in [0.4, 0.5) is 13.2 Å². The lowest BCUT2D eigenvalue weighted by atomic mass is 10.0. The van der Waals surface area contributed by atoms with Crippen molar-refractivity contribution < 1.29 is 17.9 Å². The van der Waals surface area contributed by atoms with E-state index in [1.165, 1.54) is 17.7 Å². The number of halogens is 3. The van der Waals surface area contributed by atoms with Crippen LogP contribution in [-0.2, 0) is 6.18 Å². The molecule has 0 aliphatic heterocycles. The van der Waals surface area contributed by atoms with Crippen LogP contribution in [0.1, 0.15) is 34.9 Å². The Kier molecular flexibility index (Phi) is 3.40. The second-order valence-corrected chi connectivity index (χ2v) is 5.34. The van der Waals surface area contributed by atoms with Crippen LogP contribution >= 0.6 is 0 Å². The van der Waals surface area contributed by atoms with Gasteiger partial charge < -0.3 is 4.74 Å². The SMILES string of the molecule is COc1ccc(C2CC2c2ccc(C(F)(F)F)cc2)cc1. The van der Waals surface area contributed by atoms with Gasteiger partial charge in [-0.3, -0.25) is 0 Å². The van der Waals surface area contributed by atoms with Crippen LogP contribution in [0.3, 0.4) is 0 Å². The molecule has 4 heteroatoms. The van der Waals surface area contributed by atoms with E-state index in [2.05, 4.69) is 0 Å². The smallest absolute Gasteiger partial charge is 0.416 e. The van der Waals surface area contributed by atoms with E-state index in [9.17, 15) is 13.2 Å². The lowest BCUT2D eigenvalue weighted by Crippen LogP contribution is -2.04. The lowest BCUT2D eigenvalue weighted by molar-refractivity contribution is -0.137. The summed E-state index contributed by atoms with van der Waals surface area (Å²) in [4.78, 5) is 0. The van der Waals surface area contributed by atoms with E-state index in [0.29, 0.717) is 11.8 Å². The Labute approximate surface area is 121 Å². The maximum absolute atomic E-state index is 12.5. The van der Waals surface area contributed by atoms with Crippen LogP contribution < -0.4 is 4.74 Å². The van der Waals surface area contributed by atoms with Crippen LogP contribution in [0.5, 0.6) is 5.75 Å². The molecule has 1 aliphatic carbocycles. The Morgan fingerprint density at radius 2 is 1.33 bits per heavy atom. The summed E-state index contributed by atoms with van der Waals surface area (Å²) in [5.41, 5.74) is 1.59. The molecule has 2 atom stereocenters. The van der Waals surface area contributed by atoms with Crippen LogP contribution in [0.15, 0.2) is 48.5 Å². The molecule has 1 fully saturated rings. The minimum absolute atomic E-state index is 0.320. The number of ether oxygens (including phenoxy) is 1. The summed E-state index contributed by atoms with van der Waals surface area (Å²) in [7, 11) is 1.62. The first-order valence-electron chi connectivity index (χ1n) is 6.80. The third-order valence-electron chi connectivity index (χ3n) is 4.00. The van der Waals surface area contributed by atoms with Gasteiger partial charge in [-0.15, -0.1) is 0 Å². The number of hydrogen-bond acceptors (Lipinski definition) is 1. The summed E-state index contributed by atoms with van der Waals surface area (Å²) in [5.74, 6) is 1.53. The van der Waals surface area contributed by atoms with Crippen molar-refractivity contribution in [1.29, 1.82) is 0 Å². The van der Waals surface area contributed by atoms with Gasteiger partial charge in [-0.2, -0.15) is 13.2 Å². The molecule has 21 heavy (non-hydrogen) atoms. The number of alkyl halides is 3. The minimum atomic E-state index is -4.27. The van der Waals surface area contributed by atoms with Crippen molar-refractivity contribution in [2.75, 3.05) is 7.11 Å². The van der Waals surface area contributed by atoms with Crippen LogP contribution in [-0.4, -0.2) is 7.11 Å². The molecule has 0 aromatic heterocycles. The van der Waals surface area contributed by atoms with Crippen LogP contribution in [0, 0.1) is 0 Å². The first-order chi connectivity index (χ1) is 9.99. The van der Waals surface area contributed by atoms with Gasteiger partial charge in [0.25, 0.3) is 0 Å². The van der Waals surface area contributed by atoms with Crippen LogP contribution in [0.25, 0.3) is 0 Å². The molecule has 2 aromatic carbocycles. The Bertz CT molecular complexity index is 614. The molecule has 1 nitrogen and oxygen atoms in total. The normalized spacial score (nSPS) is 21.1. The van der Waals surface area contributed by atoms with Gasteiger partial charge in [0.15, 0.2) is 0 Å². The highest BCUT2D eigenvalue weighted by Gasteiger charge is 2.39. The topological polar surface area (TPSA) is 9.23 Å². The van der Waals surface area contributed by atoms with E-state index in [4.69, 9.17) is 4.74 Å². The predicted molar refractivity (Wildman–Crippen MR) is 74.5 cm³/mol. The fourth-order valence-electron chi connectivity index (χ4n) is 2.70. The van der Waals surface area contributed by atoms with E-state index >= 15 is 0 Å². The van der Waals surface area contributed by atoms with Gasteiger partial charge in [0.05, 0.1) is 12.7 Å². The van der Waals surface area contributed by atoms with E-state index in [0.717, 1.165) is 17.7 Å². The molecule has 0 bridgehead atoms. The molecule has 1 aliphatic rings. The maximum Gasteiger partial charge on any atom is 0.416 e. The zero-order valence-electron chi connectivity index (χ0n) is 11.5. The average Bonchev–Trinajstić information content (AvgIpc) is 3.27. The number of methoxy groups -OCH3 is 1. The molecule has 0 radical (unpaired) electrons. The molecule has 0 heterocycles. The summed E-state index contributed by atoms with van der Waals surface area (Å²) in [6.07, 6.45) is -3.28. The number of hydrogen-bond donors (Lipinski definition) is 0. The van der Waals surface area contributed by atoms with Crippen molar-refractivity contribution in [2.24, 2.45) is 0 Å². The molecular formula is C17H15F3O. The summed E-state index contributed by atoms with van der Waals surface area (Å²) in [6, 6.07) is 13.4. The zero-order chi connectivity index (χ0) is 15.0. The Balaban J connectivity index is 1.72. The molecule has 2 aromatic rings. The molecule has 0 amide bonds. The van der Waals surface area contributed by atoms with Crippen molar-refractivity contribution >= 4 is 0 Å². The molecule has 0 spiro atoms. The molecule has 110 valence electrons. The molecule has 1 saturated carbocycles. The van der Waals surface area contributed by atoms with Gasteiger partial charge in [0.2, 0.25) is 0 Å². The summed E-state index contributed by atoms with van der Waals surface area (Å²) in [6.45, 7) is 0. The number of benzene rings is 2. The van der Waals surface area contributed by atoms with Gasteiger partial charge >= 0.3 is 6.18 Å². The van der Waals surface area contributed by atoms with Gasteiger partial charge in [0, 0.05) is 0 Å². The monoisotopic (exact) mass is 292 g/mol. The molecule has 0 N–H and O–H groups in total. The fraction of sp³-hybridized carbons (Fsp3) is 0.294. The highest BCUT2D eigenvalue weighted by molar-refractivity contribution is 5.39. The summed E-state index contributed by atoms with van der Waals surface area (Å²) < 4.78 is 42.7. The Morgan fingerprint density at radius 1 is 0.857 bits per heavy atom. The van der Waals surface area contributed by atoms with E-state index < -0.39 is 11.7 Å². The second kappa shape index (κ2) is 5.10. The van der Waals surface area contributed by atoms with Crippen LogP contribution in [0.2, 0.25) is 0 Å². The van der Waals surface area contributed by atoms with Gasteiger partial charge in [-0.1, -0.05) is 24.3 Å². The molecule has 2 unspecified atom stereocenters. The summed E-state index contributed by atoms with van der Waals surface area (Å²) >= 11 is 0. The van der Waals surface area contributed by atoms with Gasteiger partial charge in [-0.25, -0.2) is 0 Å². The lowest BCUT2D eigenvalue weighted by Gasteiger charge is -2.07. The Morgan fingerprint density at radius 3 is 1.76 bits per heavy atom. The first-order valence-corrected chi connectivity index (χ1v) is 6.80. The molecule has 3 rings (SSSR count). The summed E-state index contributed by atoms with van der Waals surface area (Å²) in [5, 5.41) is 0. The van der Waals surface area contributed by atoms with Crippen molar-refractivity contribution in [3.63, 3.8) is 0 Å². The van der Waals surface area contributed by atoms with Crippen molar-refractivity contribution in [3.8, 4) is 5.75 Å². The van der Waals surface area contributed by atoms with E-state index in [1.807, 2.05) is 24.3 Å². The van der Waals surface area contributed by atoms with E-state index in [1.54, 1.807) is 19.2 Å². The number of rotatable bonds is 3. The highest BCUT2D eigenvalue weighted by Crippen LogP contribution is 2.54. The second-order valence-electron chi connectivity index (χ2n) is 5.34. The third-order valence-corrected chi connectivity index (χ3v) is 4.00. The fourth-order valence-corrected chi connectivity index (χ4v) is 2.70. The standard InChI is InChI=1S/C17H15F3O/c1-21-14-8-4-12(5-9-14)16-10-15(16)11-2-6-13(7-3-11)17(18,19)20/h2-9,15-16H,10H2,1H3.